The zero-order valence-corrected chi connectivity index (χ0v) is 16.4. The highest BCUT2D eigenvalue weighted by atomic mass is 16.5. The molecule has 2 aromatic rings. The molecule has 0 bridgehead atoms. The molecule has 0 aliphatic carbocycles. The maximum absolute atomic E-state index is 13.3. The smallest absolute Gasteiger partial charge is 0.247 e. The Kier molecular flexibility index (Phi) is 6.14. The number of aromatic nitrogens is 4. The van der Waals surface area contributed by atoms with Crippen LogP contribution >= 0.6 is 0 Å². The fourth-order valence-electron chi connectivity index (χ4n) is 4.04. The summed E-state index contributed by atoms with van der Waals surface area (Å²) in [6, 6.07) is 9.38. The van der Waals surface area contributed by atoms with Gasteiger partial charge in [0.1, 0.15) is 12.4 Å². The number of piperidine rings is 1. The summed E-state index contributed by atoms with van der Waals surface area (Å²) >= 11 is 0. The SMILES string of the molecule is O=C(C1CCN(C(=O)[C@H](Cc2ccccc2)n2cnnn2)CC1)N1CCOCC1. The molecule has 2 aliphatic heterocycles. The number of ether oxygens (including phenoxy) is 1. The van der Waals surface area contributed by atoms with Gasteiger partial charge in [-0.1, -0.05) is 30.3 Å². The third-order valence-electron chi connectivity index (χ3n) is 5.72. The van der Waals surface area contributed by atoms with E-state index in [2.05, 4.69) is 15.5 Å². The molecule has 1 aromatic heterocycles. The summed E-state index contributed by atoms with van der Waals surface area (Å²) < 4.78 is 6.86. The molecule has 0 unspecified atom stereocenters. The third kappa shape index (κ3) is 4.61. The van der Waals surface area contributed by atoms with Crippen LogP contribution in [0.15, 0.2) is 36.7 Å². The van der Waals surface area contributed by atoms with Crippen molar-refractivity contribution in [3.8, 4) is 0 Å². The predicted octanol–water partition coefficient (Wildman–Crippen LogP) is 0.554. The van der Waals surface area contributed by atoms with E-state index < -0.39 is 6.04 Å². The number of morpholine rings is 1. The van der Waals surface area contributed by atoms with Crippen molar-refractivity contribution in [2.45, 2.75) is 25.3 Å². The molecule has 2 saturated heterocycles. The first kappa shape index (κ1) is 19.5. The molecule has 0 N–H and O–H groups in total. The van der Waals surface area contributed by atoms with Crippen molar-refractivity contribution in [3.05, 3.63) is 42.2 Å². The van der Waals surface area contributed by atoms with Crippen molar-refractivity contribution in [3.63, 3.8) is 0 Å². The van der Waals surface area contributed by atoms with Gasteiger partial charge in [-0.15, -0.1) is 5.10 Å². The number of amides is 2. The van der Waals surface area contributed by atoms with E-state index in [9.17, 15) is 9.59 Å². The number of carbonyl (C=O) groups excluding carboxylic acids is 2. The molecule has 2 amide bonds. The van der Waals surface area contributed by atoms with Crippen molar-refractivity contribution in [2.24, 2.45) is 5.92 Å². The second kappa shape index (κ2) is 9.13. The Bertz CT molecular complexity index is 799. The van der Waals surface area contributed by atoms with Gasteiger partial charge >= 0.3 is 0 Å². The van der Waals surface area contributed by atoms with Gasteiger partial charge in [-0.3, -0.25) is 9.59 Å². The van der Waals surface area contributed by atoms with Crippen LogP contribution in [0, 0.1) is 5.92 Å². The van der Waals surface area contributed by atoms with E-state index in [1.165, 1.54) is 11.0 Å². The Morgan fingerprint density at radius 3 is 2.41 bits per heavy atom. The molecule has 0 radical (unpaired) electrons. The number of carbonyl (C=O) groups is 2. The van der Waals surface area contributed by atoms with Crippen LogP contribution in [0.1, 0.15) is 24.4 Å². The van der Waals surface area contributed by atoms with Crippen molar-refractivity contribution < 1.29 is 14.3 Å². The molecule has 2 aliphatic rings. The second-order valence-electron chi connectivity index (χ2n) is 7.53. The highest BCUT2D eigenvalue weighted by Crippen LogP contribution is 2.24. The molecule has 154 valence electrons. The highest BCUT2D eigenvalue weighted by Gasteiger charge is 2.34. The van der Waals surface area contributed by atoms with Crippen LogP contribution in [0.5, 0.6) is 0 Å². The number of rotatable bonds is 5. The van der Waals surface area contributed by atoms with Gasteiger partial charge in [-0.25, -0.2) is 4.68 Å². The summed E-state index contributed by atoms with van der Waals surface area (Å²) in [4.78, 5) is 29.7. The monoisotopic (exact) mass is 398 g/mol. The summed E-state index contributed by atoms with van der Waals surface area (Å²) in [6.07, 6.45) is 3.39. The first-order valence-corrected chi connectivity index (χ1v) is 10.1. The van der Waals surface area contributed by atoms with Crippen molar-refractivity contribution in [1.82, 2.24) is 30.0 Å². The van der Waals surface area contributed by atoms with Crippen LogP contribution in [-0.4, -0.2) is 81.2 Å². The molecule has 1 aromatic carbocycles. The number of hydrogen-bond donors (Lipinski definition) is 0. The maximum Gasteiger partial charge on any atom is 0.247 e. The lowest BCUT2D eigenvalue weighted by Crippen LogP contribution is -2.48. The quantitative estimate of drug-likeness (QED) is 0.730. The van der Waals surface area contributed by atoms with E-state index in [1.807, 2.05) is 40.1 Å². The van der Waals surface area contributed by atoms with Gasteiger partial charge in [0.05, 0.1) is 13.2 Å². The Labute approximate surface area is 169 Å². The van der Waals surface area contributed by atoms with Gasteiger partial charge in [0, 0.05) is 38.5 Å². The zero-order chi connectivity index (χ0) is 20.1. The van der Waals surface area contributed by atoms with Crippen LogP contribution in [0.4, 0.5) is 0 Å². The lowest BCUT2D eigenvalue weighted by atomic mass is 9.94. The minimum absolute atomic E-state index is 0.00146. The van der Waals surface area contributed by atoms with Crippen molar-refractivity contribution >= 4 is 11.8 Å². The Balaban J connectivity index is 1.39. The fraction of sp³-hybridized carbons (Fsp3) is 0.550. The molecule has 0 saturated carbocycles. The van der Waals surface area contributed by atoms with Gasteiger partial charge in [0.15, 0.2) is 0 Å². The van der Waals surface area contributed by atoms with Crippen LogP contribution < -0.4 is 0 Å². The maximum atomic E-state index is 13.3. The molecular weight excluding hydrogens is 372 g/mol. The van der Waals surface area contributed by atoms with Crippen LogP contribution in [0.2, 0.25) is 0 Å². The topological polar surface area (TPSA) is 93.5 Å². The largest absolute Gasteiger partial charge is 0.378 e. The van der Waals surface area contributed by atoms with Crippen molar-refractivity contribution in [2.75, 3.05) is 39.4 Å². The normalized spacial score (nSPS) is 19.2. The molecule has 4 rings (SSSR count). The minimum Gasteiger partial charge on any atom is -0.378 e. The van der Waals surface area contributed by atoms with Crippen molar-refractivity contribution in [1.29, 1.82) is 0 Å². The highest BCUT2D eigenvalue weighted by molar-refractivity contribution is 5.82. The Hall–Kier alpha value is -2.81. The number of likely N-dealkylation sites (tertiary alicyclic amines) is 1. The van der Waals surface area contributed by atoms with Gasteiger partial charge < -0.3 is 14.5 Å². The molecule has 1 atom stereocenters. The Morgan fingerprint density at radius 1 is 1.03 bits per heavy atom. The van der Waals surface area contributed by atoms with E-state index in [0.29, 0.717) is 58.7 Å². The van der Waals surface area contributed by atoms with E-state index in [-0.39, 0.29) is 17.7 Å². The summed E-state index contributed by atoms with van der Waals surface area (Å²) in [5.74, 6) is 0.179. The van der Waals surface area contributed by atoms with Gasteiger partial charge in [0.2, 0.25) is 11.8 Å². The summed E-state index contributed by atoms with van der Waals surface area (Å²) in [6.45, 7) is 3.69. The fourth-order valence-corrected chi connectivity index (χ4v) is 4.04. The Morgan fingerprint density at radius 2 is 1.76 bits per heavy atom. The number of benzene rings is 1. The molecule has 2 fully saturated rings. The van der Waals surface area contributed by atoms with Crippen LogP contribution in [0.3, 0.4) is 0 Å². The zero-order valence-electron chi connectivity index (χ0n) is 16.4. The van der Waals surface area contributed by atoms with Crippen LogP contribution in [-0.2, 0) is 20.7 Å². The summed E-state index contributed by atoms with van der Waals surface area (Å²) in [7, 11) is 0. The average molecular weight is 398 g/mol. The third-order valence-corrected chi connectivity index (χ3v) is 5.72. The lowest BCUT2D eigenvalue weighted by molar-refractivity contribution is -0.144. The second-order valence-corrected chi connectivity index (χ2v) is 7.53. The predicted molar refractivity (Wildman–Crippen MR) is 104 cm³/mol. The standard InChI is InChI=1S/C20H26N6O3/c27-19(25-10-12-29-13-11-25)17-6-8-24(9-7-17)20(28)18(26-15-21-22-23-26)14-16-4-2-1-3-5-16/h1-5,15,17-18H,6-14H2/t18-/m0/s1. The average Bonchev–Trinajstić information content (AvgIpc) is 3.32. The van der Waals surface area contributed by atoms with E-state index in [1.54, 1.807) is 0 Å². The number of tetrazole rings is 1. The first-order valence-electron chi connectivity index (χ1n) is 10.1. The summed E-state index contributed by atoms with van der Waals surface area (Å²) in [5.41, 5.74) is 1.05. The van der Waals surface area contributed by atoms with E-state index >= 15 is 0 Å². The number of hydrogen-bond acceptors (Lipinski definition) is 6. The molecule has 9 nitrogen and oxygen atoms in total. The number of nitrogens with zero attached hydrogens (tertiary/aromatic N) is 6. The van der Waals surface area contributed by atoms with Crippen LogP contribution in [0.25, 0.3) is 0 Å². The van der Waals surface area contributed by atoms with Gasteiger partial charge in [0.25, 0.3) is 0 Å². The van der Waals surface area contributed by atoms with E-state index in [0.717, 1.165) is 5.56 Å². The first-order chi connectivity index (χ1) is 14.2. The molecule has 0 spiro atoms. The summed E-state index contributed by atoms with van der Waals surface area (Å²) in [5, 5.41) is 11.4. The molecule has 9 heteroatoms. The molecule has 29 heavy (non-hydrogen) atoms. The van der Waals surface area contributed by atoms with E-state index in [4.69, 9.17) is 4.74 Å². The molecule has 3 heterocycles. The molecular formula is C20H26N6O3. The minimum atomic E-state index is -0.487. The lowest BCUT2D eigenvalue weighted by Gasteiger charge is -2.36. The van der Waals surface area contributed by atoms with Gasteiger partial charge in [-0.2, -0.15) is 0 Å². The van der Waals surface area contributed by atoms with Gasteiger partial charge in [-0.05, 0) is 28.8 Å².